The zero-order valence-electron chi connectivity index (χ0n) is 11.3. The van der Waals surface area contributed by atoms with E-state index < -0.39 is 0 Å². The van der Waals surface area contributed by atoms with Crippen LogP contribution in [0, 0.1) is 6.92 Å². The minimum Gasteiger partial charge on any atom is -0.262 e. The summed E-state index contributed by atoms with van der Waals surface area (Å²) in [5, 5.41) is 9.75. The minimum atomic E-state index is 0.807. The topological polar surface area (TPSA) is 43.1 Å². The van der Waals surface area contributed by atoms with Crippen molar-refractivity contribution in [3.05, 3.63) is 58.8 Å². The van der Waals surface area contributed by atoms with Crippen LogP contribution in [0.15, 0.2) is 53.0 Å². The second kappa shape index (κ2) is 4.63. The first-order chi connectivity index (χ1) is 10.2. The van der Waals surface area contributed by atoms with Crippen molar-refractivity contribution >= 4 is 32.5 Å². The number of fused-ring (bicyclic) bond motifs is 3. The Morgan fingerprint density at radius 3 is 2.71 bits per heavy atom. The first-order valence-electron chi connectivity index (χ1n) is 6.60. The maximum absolute atomic E-state index is 4.66. The third-order valence-corrected chi connectivity index (χ3v) is 3.99. The average Bonchev–Trinajstić information content (AvgIpc) is 2.93. The van der Waals surface area contributed by atoms with Gasteiger partial charge in [-0.15, -0.1) is 10.2 Å². The molecule has 4 aromatic rings. The Labute approximate surface area is 129 Å². The van der Waals surface area contributed by atoms with Crippen molar-refractivity contribution in [1.82, 2.24) is 19.6 Å². The summed E-state index contributed by atoms with van der Waals surface area (Å²) in [4.78, 5) is 4.66. The smallest absolute Gasteiger partial charge is 0.171 e. The highest BCUT2D eigenvalue weighted by Crippen LogP contribution is 2.25. The highest BCUT2D eigenvalue weighted by molar-refractivity contribution is 9.10. The van der Waals surface area contributed by atoms with Crippen LogP contribution in [-0.2, 0) is 0 Å². The number of para-hydroxylation sites is 1. The maximum Gasteiger partial charge on any atom is 0.171 e. The van der Waals surface area contributed by atoms with Crippen molar-refractivity contribution in [2.24, 2.45) is 0 Å². The molecule has 0 fully saturated rings. The van der Waals surface area contributed by atoms with Gasteiger partial charge < -0.3 is 0 Å². The van der Waals surface area contributed by atoms with Crippen molar-refractivity contribution in [1.29, 1.82) is 0 Å². The molecular formula is C16H11BrN4. The monoisotopic (exact) mass is 338 g/mol. The summed E-state index contributed by atoms with van der Waals surface area (Å²) in [5.41, 5.74) is 2.79. The van der Waals surface area contributed by atoms with E-state index >= 15 is 0 Å². The molecular weight excluding hydrogens is 328 g/mol. The van der Waals surface area contributed by atoms with Gasteiger partial charge in [0.15, 0.2) is 11.5 Å². The summed E-state index contributed by atoms with van der Waals surface area (Å²) in [5.74, 6) is 1.69. The molecule has 0 saturated heterocycles. The number of rotatable bonds is 1. The zero-order chi connectivity index (χ0) is 14.4. The van der Waals surface area contributed by atoms with Gasteiger partial charge in [-0.1, -0.05) is 40.2 Å². The predicted octanol–water partition coefficient (Wildman–Crippen LogP) is 4.02. The van der Waals surface area contributed by atoms with Crippen LogP contribution in [0.4, 0.5) is 0 Å². The minimum absolute atomic E-state index is 0.807. The molecule has 21 heavy (non-hydrogen) atoms. The molecule has 2 aromatic heterocycles. The normalized spacial score (nSPS) is 11.3. The summed E-state index contributed by atoms with van der Waals surface area (Å²) in [6.45, 7) is 1.98. The van der Waals surface area contributed by atoms with E-state index in [0.29, 0.717) is 0 Å². The molecule has 0 amide bonds. The third kappa shape index (κ3) is 1.93. The molecule has 0 aliphatic heterocycles. The van der Waals surface area contributed by atoms with Crippen molar-refractivity contribution < 1.29 is 0 Å². The summed E-state index contributed by atoms with van der Waals surface area (Å²) in [7, 11) is 0. The number of hydrogen-bond acceptors (Lipinski definition) is 3. The maximum atomic E-state index is 4.66. The van der Waals surface area contributed by atoms with E-state index in [1.807, 2.05) is 59.9 Å². The molecule has 0 bridgehead atoms. The van der Waals surface area contributed by atoms with Gasteiger partial charge in [-0.2, -0.15) is 0 Å². The van der Waals surface area contributed by atoms with Gasteiger partial charge in [-0.3, -0.25) is 4.40 Å². The molecule has 0 atom stereocenters. The lowest BCUT2D eigenvalue weighted by atomic mass is 10.2. The van der Waals surface area contributed by atoms with Crippen molar-refractivity contribution in [2.45, 2.75) is 6.92 Å². The highest BCUT2D eigenvalue weighted by atomic mass is 79.9. The lowest BCUT2D eigenvalue weighted by Crippen LogP contribution is -1.99. The number of halogens is 1. The van der Waals surface area contributed by atoms with E-state index in [2.05, 4.69) is 31.1 Å². The standard InChI is InChI=1S/C16H11BrN4/c1-10-18-14-8-3-2-7-13(14)16-20-19-15(21(10)16)11-5-4-6-12(17)9-11/h2-9H,1H3. The van der Waals surface area contributed by atoms with E-state index in [1.165, 1.54) is 0 Å². The van der Waals surface area contributed by atoms with E-state index in [-0.39, 0.29) is 0 Å². The van der Waals surface area contributed by atoms with Crippen LogP contribution in [0.25, 0.3) is 27.9 Å². The van der Waals surface area contributed by atoms with Gasteiger partial charge in [-0.05, 0) is 31.2 Å². The van der Waals surface area contributed by atoms with Crippen LogP contribution in [0.3, 0.4) is 0 Å². The molecule has 5 heteroatoms. The fraction of sp³-hybridized carbons (Fsp3) is 0.0625. The van der Waals surface area contributed by atoms with Crippen molar-refractivity contribution in [3.8, 4) is 11.4 Å². The van der Waals surface area contributed by atoms with E-state index in [0.717, 1.165) is 38.2 Å². The largest absolute Gasteiger partial charge is 0.262 e. The average molecular weight is 339 g/mol. The molecule has 0 spiro atoms. The highest BCUT2D eigenvalue weighted by Gasteiger charge is 2.13. The van der Waals surface area contributed by atoms with Crippen LogP contribution in [0.5, 0.6) is 0 Å². The Morgan fingerprint density at radius 2 is 1.86 bits per heavy atom. The molecule has 102 valence electrons. The summed E-state index contributed by atoms with van der Waals surface area (Å²) in [6.07, 6.45) is 0. The number of nitrogens with zero attached hydrogens (tertiary/aromatic N) is 4. The van der Waals surface area contributed by atoms with Crippen LogP contribution >= 0.6 is 15.9 Å². The van der Waals surface area contributed by atoms with Gasteiger partial charge >= 0.3 is 0 Å². The third-order valence-electron chi connectivity index (χ3n) is 3.50. The number of aryl methyl sites for hydroxylation is 1. The first kappa shape index (κ1) is 12.5. The second-order valence-corrected chi connectivity index (χ2v) is 5.78. The molecule has 0 radical (unpaired) electrons. The molecule has 0 unspecified atom stereocenters. The van der Waals surface area contributed by atoms with E-state index in [9.17, 15) is 0 Å². The van der Waals surface area contributed by atoms with Gasteiger partial charge in [-0.25, -0.2) is 4.98 Å². The second-order valence-electron chi connectivity index (χ2n) is 4.87. The van der Waals surface area contributed by atoms with Crippen molar-refractivity contribution in [3.63, 3.8) is 0 Å². The van der Waals surface area contributed by atoms with Crippen LogP contribution in [-0.4, -0.2) is 19.6 Å². The Morgan fingerprint density at radius 1 is 1.00 bits per heavy atom. The van der Waals surface area contributed by atoms with Gasteiger partial charge in [0.2, 0.25) is 0 Å². The molecule has 0 aliphatic carbocycles. The molecule has 2 aromatic carbocycles. The number of hydrogen-bond donors (Lipinski definition) is 0. The number of benzene rings is 2. The molecule has 0 aliphatic rings. The van der Waals surface area contributed by atoms with Gasteiger partial charge in [0.05, 0.1) is 5.52 Å². The molecule has 0 N–H and O–H groups in total. The van der Waals surface area contributed by atoms with Gasteiger partial charge in [0.25, 0.3) is 0 Å². The number of aromatic nitrogens is 4. The Kier molecular flexibility index (Phi) is 2.75. The van der Waals surface area contributed by atoms with Crippen molar-refractivity contribution in [2.75, 3.05) is 0 Å². The zero-order valence-corrected chi connectivity index (χ0v) is 12.9. The van der Waals surface area contributed by atoms with Gasteiger partial charge in [0.1, 0.15) is 5.82 Å². The summed E-state index contributed by atoms with van der Waals surface area (Å²) < 4.78 is 3.02. The summed E-state index contributed by atoms with van der Waals surface area (Å²) >= 11 is 3.50. The Balaban J connectivity index is 2.11. The van der Waals surface area contributed by atoms with Crippen LogP contribution in [0.1, 0.15) is 5.82 Å². The molecule has 0 saturated carbocycles. The lowest BCUT2D eigenvalue weighted by molar-refractivity contribution is 1.01. The quantitative estimate of drug-likeness (QED) is 0.526. The summed E-state index contributed by atoms with van der Waals surface area (Å²) in [6, 6.07) is 16.0. The van der Waals surface area contributed by atoms with E-state index in [1.54, 1.807) is 0 Å². The fourth-order valence-corrected chi connectivity index (χ4v) is 2.96. The molecule has 2 heterocycles. The molecule has 4 nitrogen and oxygen atoms in total. The molecule has 4 rings (SSSR count). The van der Waals surface area contributed by atoms with Crippen LogP contribution in [0.2, 0.25) is 0 Å². The SMILES string of the molecule is Cc1nc2ccccc2c2nnc(-c3cccc(Br)c3)n12. The lowest BCUT2D eigenvalue weighted by Gasteiger charge is -2.06. The van der Waals surface area contributed by atoms with Crippen LogP contribution < -0.4 is 0 Å². The van der Waals surface area contributed by atoms with E-state index in [4.69, 9.17) is 0 Å². The van der Waals surface area contributed by atoms with Gasteiger partial charge in [0, 0.05) is 15.4 Å². The Hall–Kier alpha value is -2.27. The Bertz CT molecular complexity index is 975. The predicted molar refractivity (Wildman–Crippen MR) is 86.2 cm³/mol. The fourth-order valence-electron chi connectivity index (χ4n) is 2.56. The first-order valence-corrected chi connectivity index (χ1v) is 7.40.